The molecule has 1 aliphatic rings. The van der Waals surface area contributed by atoms with Gasteiger partial charge >= 0.3 is 0 Å². The third-order valence-electron chi connectivity index (χ3n) is 4.69. The van der Waals surface area contributed by atoms with Crippen molar-refractivity contribution in [2.75, 3.05) is 13.1 Å². The second kappa shape index (κ2) is 6.83. The van der Waals surface area contributed by atoms with Crippen molar-refractivity contribution in [3.63, 3.8) is 0 Å². The molecule has 6 heteroatoms. The number of likely N-dealkylation sites (tertiary alicyclic amines) is 1. The number of rotatable bonds is 4. The summed E-state index contributed by atoms with van der Waals surface area (Å²) in [5.41, 5.74) is 4.24. The molecule has 0 aliphatic carbocycles. The Hall–Kier alpha value is -2.05. The average Bonchev–Trinajstić information content (AvgIpc) is 3.26. The molecular weight excluding hydrogens is 318 g/mol. The lowest BCUT2D eigenvalue weighted by molar-refractivity contribution is 0.197. The molecule has 1 aliphatic heterocycles. The molecule has 3 aromatic rings. The average molecular weight is 339 g/mol. The van der Waals surface area contributed by atoms with E-state index in [1.165, 1.54) is 17.7 Å². The highest BCUT2D eigenvalue weighted by atomic mass is 32.1. The van der Waals surface area contributed by atoms with Crippen LogP contribution in [0, 0.1) is 6.92 Å². The lowest BCUT2D eigenvalue weighted by Gasteiger charge is -2.32. The monoisotopic (exact) mass is 339 g/mol. The van der Waals surface area contributed by atoms with Crippen molar-refractivity contribution in [1.29, 1.82) is 0 Å². The van der Waals surface area contributed by atoms with Gasteiger partial charge in [-0.25, -0.2) is 4.98 Å². The summed E-state index contributed by atoms with van der Waals surface area (Å²) in [5.74, 6) is 1.50. The summed E-state index contributed by atoms with van der Waals surface area (Å²) in [6.45, 7) is 5.27. The number of nitrogens with zero attached hydrogens (tertiary/aromatic N) is 5. The maximum Gasteiger partial charge on any atom is 0.141 e. The fourth-order valence-corrected chi connectivity index (χ4v) is 4.22. The second-order valence-corrected chi connectivity index (χ2v) is 7.27. The number of aromatic nitrogens is 4. The Morgan fingerprint density at radius 1 is 1.25 bits per heavy atom. The van der Waals surface area contributed by atoms with E-state index in [2.05, 4.69) is 55.8 Å². The molecule has 0 amide bonds. The van der Waals surface area contributed by atoms with E-state index in [9.17, 15) is 0 Å². The minimum atomic E-state index is 0.426. The minimum Gasteiger partial charge on any atom is -0.297 e. The summed E-state index contributed by atoms with van der Waals surface area (Å²) in [6.07, 6.45) is 4.20. The Morgan fingerprint density at radius 3 is 2.92 bits per heavy atom. The van der Waals surface area contributed by atoms with E-state index in [-0.39, 0.29) is 0 Å². The maximum atomic E-state index is 4.44. The first-order valence-electron chi connectivity index (χ1n) is 8.38. The first-order valence-corrected chi connectivity index (χ1v) is 9.26. The van der Waals surface area contributed by atoms with Crippen molar-refractivity contribution < 1.29 is 0 Å². The Bertz CT molecular complexity index is 795. The van der Waals surface area contributed by atoms with Crippen molar-refractivity contribution in [3.8, 4) is 5.69 Å². The number of thiazole rings is 1. The number of hydrogen-bond acceptors (Lipinski definition) is 5. The Labute approximate surface area is 146 Å². The van der Waals surface area contributed by atoms with E-state index in [1.54, 1.807) is 11.3 Å². The fraction of sp³-hybridized carbons (Fsp3) is 0.389. The van der Waals surface area contributed by atoms with Crippen LogP contribution in [0.2, 0.25) is 0 Å². The largest absolute Gasteiger partial charge is 0.297 e. The van der Waals surface area contributed by atoms with Crippen molar-refractivity contribution >= 4 is 11.3 Å². The van der Waals surface area contributed by atoms with Gasteiger partial charge in [0.2, 0.25) is 0 Å². The number of aryl methyl sites for hydroxylation is 1. The van der Waals surface area contributed by atoms with Crippen molar-refractivity contribution in [2.24, 2.45) is 0 Å². The topological polar surface area (TPSA) is 46.8 Å². The van der Waals surface area contributed by atoms with Crippen LogP contribution in [-0.2, 0) is 6.54 Å². The molecule has 0 bridgehead atoms. The van der Waals surface area contributed by atoms with Gasteiger partial charge < -0.3 is 0 Å². The molecule has 0 N–H and O–H groups in total. The maximum absolute atomic E-state index is 4.44. The molecule has 24 heavy (non-hydrogen) atoms. The van der Waals surface area contributed by atoms with Gasteiger partial charge in [0.05, 0.1) is 11.2 Å². The molecular formula is C18H21N5S. The predicted octanol–water partition coefficient (Wildman–Crippen LogP) is 3.41. The van der Waals surface area contributed by atoms with Crippen LogP contribution < -0.4 is 0 Å². The van der Waals surface area contributed by atoms with E-state index in [0.29, 0.717) is 5.92 Å². The predicted molar refractivity (Wildman–Crippen MR) is 95.5 cm³/mol. The molecule has 4 rings (SSSR count). The summed E-state index contributed by atoms with van der Waals surface area (Å²) >= 11 is 1.76. The number of hydrogen-bond donors (Lipinski definition) is 0. The van der Waals surface area contributed by atoms with Crippen LogP contribution in [0.15, 0.2) is 42.2 Å². The van der Waals surface area contributed by atoms with Crippen molar-refractivity contribution in [2.45, 2.75) is 32.2 Å². The lowest BCUT2D eigenvalue weighted by atomic mass is 9.97. The molecule has 0 unspecified atom stereocenters. The van der Waals surface area contributed by atoms with Gasteiger partial charge in [0, 0.05) is 29.6 Å². The molecule has 1 aromatic carbocycles. The molecule has 0 spiro atoms. The Balaban J connectivity index is 1.53. The second-order valence-electron chi connectivity index (χ2n) is 6.33. The Kier molecular flexibility index (Phi) is 4.40. The van der Waals surface area contributed by atoms with E-state index in [0.717, 1.165) is 36.8 Å². The van der Waals surface area contributed by atoms with Crippen LogP contribution in [0.25, 0.3) is 5.69 Å². The summed E-state index contributed by atoms with van der Waals surface area (Å²) in [4.78, 5) is 8.27. The van der Waals surface area contributed by atoms with Crippen LogP contribution in [-0.4, -0.2) is 37.7 Å². The summed E-state index contributed by atoms with van der Waals surface area (Å²) < 4.78 is 2.13. The van der Waals surface area contributed by atoms with Crippen LogP contribution in [0.5, 0.6) is 0 Å². The molecule has 1 atom stereocenters. The first kappa shape index (κ1) is 15.5. The molecule has 3 heterocycles. The van der Waals surface area contributed by atoms with Gasteiger partial charge in [-0.1, -0.05) is 18.2 Å². The fourth-order valence-electron chi connectivity index (χ4n) is 3.40. The van der Waals surface area contributed by atoms with Gasteiger partial charge in [0.1, 0.15) is 12.2 Å². The SMILES string of the molecule is Cc1ncsc1CN1CCC[C@@H](c2nncn2-c2ccccc2)C1. The van der Waals surface area contributed by atoms with Crippen LogP contribution >= 0.6 is 11.3 Å². The molecule has 0 saturated carbocycles. The van der Waals surface area contributed by atoms with Crippen molar-refractivity contribution in [1.82, 2.24) is 24.6 Å². The summed E-state index contributed by atoms with van der Waals surface area (Å²) in [7, 11) is 0. The molecule has 124 valence electrons. The van der Waals surface area contributed by atoms with Gasteiger partial charge in [0.25, 0.3) is 0 Å². The highest BCUT2D eigenvalue weighted by Crippen LogP contribution is 2.28. The first-order chi connectivity index (χ1) is 11.8. The van der Waals surface area contributed by atoms with Gasteiger partial charge in [-0.05, 0) is 38.4 Å². The number of piperidine rings is 1. The third kappa shape index (κ3) is 3.12. The van der Waals surface area contributed by atoms with Gasteiger partial charge in [-0.3, -0.25) is 9.47 Å². The van der Waals surface area contributed by atoms with Gasteiger partial charge in [-0.15, -0.1) is 21.5 Å². The standard InChI is InChI=1S/C18H21N5S/c1-14-17(24-13-19-14)11-22-9-5-6-15(10-22)18-21-20-12-23(18)16-7-3-2-4-8-16/h2-4,7-8,12-13,15H,5-6,9-11H2,1H3/t15-/m1/s1. The molecule has 5 nitrogen and oxygen atoms in total. The molecule has 1 fully saturated rings. The third-order valence-corrected chi connectivity index (χ3v) is 5.61. The lowest BCUT2D eigenvalue weighted by Crippen LogP contribution is -2.34. The zero-order chi connectivity index (χ0) is 16.4. The smallest absolute Gasteiger partial charge is 0.141 e. The molecule has 1 saturated heterocycles. The van der Waals surface area contributed by atoms with Crippen molar-refractivity contribution in [3.05, 3.63) is 58.6 Å². The highest BCUT2D eigenvalue weighted by molar-refractivity contribution is 7.09. The van der Waals surface area contributed by atoms with Crippen LogP contribution in [0.3, 0.4) is 0 Å². The van der Waals surface area contributed by atoms with Crippen LogP contribution in [0.4, 0.5) is 0 Å². The van der Waals surface area contributed by atoms with E-state index in [1.807, 2.05) is 17.9 Å². The summed E-state index contributed by atoms with van der Waals surface area (Å²) in [6, 6.07) is 10.4. The highest BCUT2D eigenvalue weighted by Gasteiger charge is 2.26. The van der Waals surface area contributed by atoms with E-state index >= 15 is 0 Å². The zero-order valence-corrected chi connectivity index (χ0v) is 14.6. The number of para-hydroxylation sites is 1. The zero-order valence-electron chi connectivity index (χ0n) is 13.8. The normalized spacial score (nSPS) is 18.8. The Morgan fingerprint density at radius 2 is 2.12 bits per heavy atom. The van der Waals surface area contributed by atoms with E-state index < -0.39 is 0 Å². The molecule has 0 radical (unpaired) electrons. The minimum absolute atomic E-state index is 0.426. The van der Waals surface area contributed by atoms with Gasteiger partial charge in [0.15, 0.2) is 0 Å². The quantitative estimate of drug-likeness (QED) is 0.731. The van der Waals surface area contributed by atoms with E-state index in [4.69, 9.17) is 0 Å². The summed E-state index contributed by atoms with van der Waals surface area (Å²) in [5, 5.41) is 8.62. The number of benzene rings is 1. The van der Waals surface area contributed by atoms with Crippen LogP contribution in [0.1, 0.15) is 35.2 Å². The van der Waals surface area contributed by atoms with Gasteiger partial charge in [-0.2, -0.15) is 0 Å². The molecule has 2 aromatic heterocycles.